The van der Waals surface area contributed by atoms with Crippen LogP contribution in [0.15, 0.2) is 29.6 Å². The number of methoxy groups -OCH3 is 2. The number of para-hydroxylation sites is 1. The number of ether oxygens (including phenoxy) is 2. The van der Waals surface area contributed by atoms with Crippen molar-refractivity contribution in [3.05, 3.63) is 34.5 Å². The Hall–Kier alpha value is -2.01. The smallest absolute Gasteiger partial charge is 0.350 e. The molecule has 5 heteroatoms. The minimum Gasteiger partial charge on any atom is -0.496 e. The lowest BCUT2D eigenvalue weighted by Crippen LogP contribution is -2.02. The van der Waals surface area contributed by atoms with E-state index >= 15 is 0 Å². The second-order valence-corrected chi connectivity index (χ2v) is 4.46. The van der Waals surface area contributed by atoms with Gasteiger partial charge in [0.1, 0.15) is 10.6 Å². The predicted octanol–water partition coefficient (Wildman–Crippen LogP) is 2.79. The molecule has 0 unspecified atom stereocenters. The third kappa shape index (κ3) is 2.04. The molecule has 0 aliphatic carbocycles. The number of nitrogen functional groups attached to an aromatic ring is 1. The molecule has 1 heterocycles. The summed E-state index contributed by atoms with van der Waals surface area (Å²) in [5, 5.41) is 1.83. The summed E-state index contributed by atoms with van der Waals surface area (Å²) in [4.78, 5) is 11.9. The Bertz CT molecular complexity index is 577. The van der Waals surface area contributed by atoms with E-state index in [1.165, 1.54) is 18.4 Å². The van der Waals surface area contributed by atoms with Crippen molar-refractivity contribution in [1.29, 1.82) is 0 Å². The summed E-state index contributed by atoms with van der Waals surface area (Å²) >= 11 is 1.27. The number of nitrogens with two attached hydrogens (primary N) is 1. The molecule has 0 spiro atoms. The van der Waals surface area contributed by atoms with Gasteiger partial charge in [0.2, 0.25) is 0 Å². The van der Waals surface area contributed by atoms with Crippen molar-refractivity contribution in [2.75, 3.05) is 20.0 Å². The summed E-state index contributed by atoms with van der Waals surface area (Å²) in [6, 6.07) is 7.53. The molecule has 0 aliphatic rings. The van der Waals surface area contributed by atoms with Gasteiger partial charge in [-0.05, 0) is 6.07 Å². The Balaban J connectivity index is 2.52. The molecule has 0 bridgehead atoms. The monoisotopic (exact) mass is 263 g/mol. The van der Waals surface area contributed by atoms with Crippen LogP contribution in [0.2, 0.25) is 0 Å². The molecule has 2 aromatic rings. The Labute approximate surface area is 109 Å². The van der Waals surface area contributed by atoms with Gasteiger partial charge in [-0.25, -0.2) is 4.79 Å². The summed E-state index contributed by atoms with van der Waals surface area (Å²) in [6.45, 7) is 0. The topological polar surface area (TPSA) is 61.5 Å². The van der Waals surface area contributed by atoms with E-state index in [1.54, 1.807) is 7.11 Å². The summed E-state index contributed by atoms with van der Waals surface area (Å²) in [5.41, 5.74) is 8.07. The maximum Gasteiger partial charge on any atom is 0.350 e. The standard InChI is InChI=1S/C13H13NO3S/c1-16-10-6-4-3-5-8(10)9-7-18-12(11(9)14)13(15)17-2/h3-7H,14H2,1-2H3. The van der Waals surface area contributed by atoms with Gasteiger partial charge >= 0.3 is 5.97 Å². The molecule has 0 fully saturated rings. The number of thiophene rings is 1. The molecule has 0 atom stereocenters. The average Bonchev–Trinajstić information content (AvgIpc) is 2.79. The second kappa shape index (κ2) is 5.10. The fourth-order valence-electron chi connectivity index (χ4n) is 1.69. The van der Waals surface area contributed by atoms with Crippen LogP contribution < -0.4 is 10.5 Å². The Kier molecular flexibility index (Phi) is 3.53. The van der Waals surface area contributed by atoms with Crippen LogP contribution in [0.3, 0.4) is 0 Å². The highest BCUT2D eigenvalue weighted by atomic mass is 32.1. The van der Waals surface area contributed by atoms with Crippen molar-refractivity contribution in [3.63, 3.8) is 0 Å². The van der Waals surface area contributed by atoms with Crippen molar-refractivity contribution >= 4 is 23.0 Å². The molecule has 1 aromatic heterocycles. The molecule has 0 saturated heterocycles. The van der Waals surface area contributed by atoms with Gasteiger partial charge in [-0.15, -0.1) is 11.3 Å². The number of esters is 1. The second-order valence-electron chi connectivity index (χ2n) is 3.58. The lowest BCUT2D eigenvalue weighted by molar-refractivity contribution is 0.0607. The molecule has 1 aromatic carbocycles. The van der Waals surface area contributed by atoms with E-state index in [0.717, 1.165) is 16.9 Å². The van der Waals surface area contributed by atoms with Crippen molar-refractivity contribution in [1.82, 2.24) is 0 Å². The number of rotatable bonds is 3. The van der Waals surface area contributed by atoms with E-state index in [-0.39, 0.29) is 0 Å². The molecule has 18 heavy (non-hydrogen) atoms. The van der Waals surface area contributed by atoms with Gasteiger partial charge in [0, 0.05) is 16.5 Å². The average molecular weight is 263 g/mol. The Morgan fingerprint density at radius 2 is 1.94 bits per heavy atom. The van der Waals surface area contributed by atoms with Crippen molar-refractivity contribution in [2.24, 2.45) is 0 Å². The van der Waals surface area contributed by atoms with Crippen LogP contribution in [-0.2, 0) is 4.74 Å². The third-order valence-electron chi connectivity index (χ3n) is 2.60. The van der Waals surface area contributed by atoms with Gasteiger partial charge in [-0.3, -0.25) is 0 Å². The number of benzene rings is 1. The zero-order valence-corrected chi connectivity index (χ0v) is 10.9. The van der Waals surface area contributed by atoms with Crippen LogP contribution in [0.5, 0.6) is 5.75 Å². The molecule has 4 nitrogen and oxygen atoms in total. The van der Waals surface area contributed by atoms with E-state index in [4.69, 9.17) is 10.5 Å². The molecular weight excluding hydrogens is 250 g/mol. The zero-order chi connectivity index (χ0) is 13.1. The summed E-state index contributed by atoms with van der Waals surface area (Å²) in [5.74, 6) is 0.303. The highest BCUT2D eigenvalue weighted by Gasteiger charge is 2.18. The highest BCUT2D eigenvalue weighted by Crippen LogP contribution is 2.38. The quantitative estimate of drug-likeness (QED) is 0.865. The maximum absolute atomic E-state index is 11.5. The molecule has 2 N–H and O–H groups in total. The van der Waals surface area contributed by atoms with Crippen LogP contribution >= 0.6 is 11.3 Å². The van der Waals surface area contributed by atoms with E-state index in [1.807, 2.05) is 29.6 Å². The first kappa shape index (κ1) is 12.4. The Morgan fingerprint density at radius 3 is 2.61 bits per heavy atom. The molecule has 0 radical (unpaired) electrons. The molecule has 2 rings (SSSR count). The van der Waals surface area contributed by atoms with E-state index in [9.17, 15) is 4.79 Å². The number of anilines is 1. The lowest BCUT2D eigenvalue weighted by Gasteiger charge is -2.07. The zero-order valence-electron chi connectivity index (χ0n) is 10.1. The third-order valence-corrected chi connectivity index (χ3v) is 3.57. The first-order valence-electron chi connectivity index (χ1n) is 5.27. The number of hydrogen-bond acceptors (Lipinski definition) is 5. The fraction of sp³-hybridized carbons (Fsp3) is 0.154. The van der Waals surface area contributed by atoms with Crippen molar-refractivity contribution < 1.29 is 14.3 Å². The normalized spacial score (nSPS) is 10.1. The van der Waals surface area contributed by atoms with Gasteiger partial charge in [-0.2, -0.15) is 0 Å². The van der Waals surface area contributed by atoms with Gasteiger partial charge < -0.3 is 15.2 Å². The summed E-state index contributed by atoms with van der Waals surface area (Å²) in [6.07, 6.45) is 0. The lowest BCUT2D eigenvalue weighted by atomic mass is 10.1. The summed E-state index contributed by atoms with van der Waals surface area (Å²) < 4.78 is 9.97. The Morgan fingerprint density at radius 1 is 1.22 bits per heavy atom. The SMILES string of the molecule is COC(=O)c1scc(-c2ccccc2OC)c1N. The van der Waals surface area contributed by atoms with Gasteiger partial charge in [0.05, 0.1) is 19.9 Å². The van der Waals surface area contributed by atoms with Crippen LogP contribution in [0.1, 0.15) is 9.67 Å². The predicted molar refractivity (Wildman–Crippen MR) is 72.1 cm³/mol. The molecular formula is C13H13NO3S. The minimum absolute atomic E-state index is 0.415. The van der Waals surface area contributed by atoms with Crippen molar-refractivity contribution in [3.8, 4) is 16.9 Å². The van der Waals surface area contributed by atoms with E-state index in [0.29, 0.717) is 10.6 Å². The van der Waals surface area contributed by atoms with E-state index < -0.39 is 5.97 Å². The van der Waals surface area contributed by atoms with Gasteiger partial charge in [0.15, 0.2) is 0 Å². The first-order chi connectivity index (χ1) is 8.69. The molecule has 0 saturated carbocycles. The van der Waals surface area contributed by atoms with Crippen LogP contribution in [-0.4, -0.2) is 20.2 Å². The first-order valence-corrected chi connectivity index (χ1v) is 6.15. The largest absolute Gasteiger partial charge is 0.496 e. The minimum atomic E-state index is -0.418. The van der Waals surface area contributed by atoms with Crippen LogP contribution in [0, 0.1) is 0 Å². The maximum atomic E-state index is 11.5. The number of carbonyl (C=O) groups excluding carboxylic acids is 1. The number of hydrogen-bond donors (Lipinski definition) is 1. The van der Waals surface area contributed by atoms with Crippen LogP contribution in [0.25, 0.3) is 11.1 Å². The van der Waals surface area contributed by atoms with E-state index in [2.05, 4.69) is 4.74 Å². The van der Waals surface area contributed by atoms with Crippen LogP contribution in [0.4, 0.5) is 5.69 Å². The molecule has 0 aliphatic heterocycles. The highest BCUT2D eigenvalue weighted by molar-refractivity contribution is 7.13. The van der Waals surface area contributed by atoms with Gasteiger partial charge in [0.25, 0.3) is 0 Å². The fourth-order valence-corrected chi connectivity index (χ4v) is 2.60. The van der Waals surface area contributed by atoms with Gasteiger partial charge in [-0.1, -0.05) is 18.2 Å². The van der Waals surface area contributed by atoms with Crippen molar-refractivity contribution in [2.45, 2.75) is 0 Å². The summed E-state index contributed by atoms with van der Waals surface area (Å²) in [7, 11) is 2.94. The molecule has 0 amide bonds. The number of carbonyl (C=O) groups is 1. The molecule has 94 valence electrons.